The van der Waals surface area contributed by atoms with Gasteiger partial charge in [0, 0.05) is 23.3 Å². The van der Waals surface area contributed by atoms with Crippen LogP contribution in [-0.2, 0) is 18.3 Å². The zero-order chi connectivity index (χ0) is 19.3. The molecule has 1 heterocycles. The van der Waals surface area contributed by atoms with Gasteiger partial charge in [0.2, 0.25) is 11.7 Å². The number of carbonyl (C=O) groups is 2. The number of ether oxygens (including phenoxy) is 3. The molecule has 2 amide bonds. The Balaban J connectivity index is 2.06. The number of nitrogens with one attached hydrogen (secondary N) is 2. The number of aryl methyl sites for hydroxylation is 1. The molecular weight excluding hydrogens is 406 g/mol. The van der Waals surface area contributed by atoms with Gasteiger partial charge in [-0.1, -0.05) is 6.07 Å². The summed E-state index contributed by atoms with van der Waals surface area (Å²) in [5, 5.41) is 0. The predicted molar refractivity (Wildman–Crippen MR) is 98.5 cm³/mol. The number of benzene rings is 1. The van der Waals surface area contributed by atoms with E-state index in [4.69, 9.17) is 14.2 Å². The van der Waals surface area contributed by atoms with Crippen LogP contribution in [0.15, 0.2) is 28.9 Å². The highest BCUT2D eigenvalue weighted by molar-refractivity contribution is 9.10. The maximum Gasteiger partial charge on any atom is 0.286 e. The second kappa shape index (κ2) is 8.61. The lowest BCUT2D eigenvalue weighted by molar-refractivity contribution is -0.121. The Hall–Kier alpha value is -2.68. The Bertz CT molecular complexity index is 819. The van der Waals surface area contributed by atoms with E-state index < -0.39 is 11.8 Å². The van der Waals surface area contributed by atoms with Gasteiger partial charge in [0.15, 0.2) is 11.5 Å². The first-order valence-corrected chi connectivity index (χ1v) is 8.39. The van der Waals surface area contributed by atoms with Crippen molar-refractivity contribution in [3.63, 3.8) is 0 Å². The van der Waals surface area contributed by atoms with E-state index in [1.165, 1.54) is 21.3 Å². The molecule has 0 aliphatic carbocycles. The maximum absolute atomic E-state index is 12.2. The highest BCUT2D eigenvalue weighted by Crippen LogP contribution is 2.39. The van der Waals surface area contributed by atoms with Gasteiger partial charge in [0.1, 0.15) is 5.69 Å². The number of hydrogen-bond acceptors (Lipinski definition) is 5. The molecule has 1 aromatic heterocycles. The largest absolute Gasteiger partial charge is 0.493 e. The minimum atomic E-state index is -0.425. The summed E-state index contributed by atoms with van der Waals surface area (Å²) in [4.78, 5) is 24.3. The van der Waals surface area contributed by atoms with Gasteiger partial charge in [0.25, 0.3) is 5.91 Å². The van der Waals surface area contributed by atoms with Gasteiger partial charge < -0.3 is 18.8 Å². The van der Waals surface area contributed by atoms with Gasteiger partial charge >= 0.3 is 0 Å². The fourth-order valence-electron chi connectivity index (χ4n) is 2.46. The quantitative estimate of drug-likeness (QED) is 0.688. The lowest BCUT2D eigenvalue weighted by Gasteiger charge is -2.15. The number of rotatable bonds is 6. The van der Waals surface area contributed by atoms with Gasteiger partial charge in [-0.15, -0.1) is 0 Å². The van der Waals surface area contributed by atoms with Gasteiger partial charge in [-0.05, 0) is 28.1 Å². The van der Waals surface area contributed by atoms with Crippen LogP contribution in [0.25, 0.3) is 0 Å². The van der Waals surface area contributed by atoms with E-state index >= 15 is 0 Å². The van der Waals surface area contributed by atoms with Crippen LogP contribution < -0.4 is 25.1 Å². The minimum absolute atomic E-state index is 0.0133. The number of hydrogen-bond donors (Lipinski definition) is 2. The van der Waals surface area contributed by atoms with Crippen LogP contribution in [0.5, 0.6) is 17.2 Å². The lowest BCUT2D eigenvalue weighted by atomic mass is 10.1. The molecule has 0 saturated carbocycles. The zero-order valence-electron chi connectivity index (χ0n) is 14.9. The van der Waals surface area contributed by atoms with E-state index in [9.17, 15) is 9.59 Å². The highest BCUT2D eigenvalue weighted by Gasteiger charge is 2.18. The predicted octanol–water partition coefficient (Wildman–Crippen LogP) is 1.82. The third kappa shape index (κ3) is 4.29. The summed E-state index contributed by atoms with van der Waals surface area (Å²) in [6, 6.07) is 5.04. The monoisotopic (exact) mass is 425 g/mol. The van der Waals surface area contributed by atoms with Crippen LogP contribution in [0.3, 0.4) is 0 Å². The Morgan fingerprint density at radius 3 is 2.31 bits per heavy atom. The minimum Gasteiger partial charge on any atom is -0.493 e. The molecule has 8 nitrogen and oxygen atoms in total. The van der Waals surface area contributed by atoms with Gasteiger partial charge in [-0.3, -0.25) is 20.4 Å². The molecule has 0 aliphatic heterocycles. The molecule has 0 unspecified atom stereocenters. The van der Waals surface area contributed by atoms with Crippen molar-refractivity contribution in [2.45, 2.75) is 6.42 Å². The molecule has 0 fully saturated rings. The van der Waals surface area contributed by atoms with Crippen LogP contribution in [0.4, 0.5) is 0 Å². The third-order valence-electron chi connectivity index (χ3n) is 3.66. The summed E-state index contributed by atoms with van der Waals surface area (Å²) in [6.07, 6.45) is 1.73. The molecule has 140 valence electrons. The van der Waals surface area contributed by atoms with Crippen LogP contribution in [0.1, 0.15) is 16.1 Å². The Labute approximate surface area is 159 Å². The molecular formula is C17H20BrN3O5. The molecule has 0 bridgehead atoms. The second-order valence-corrected chi connectivity index (χ2v) is 6.24. The topological polar surface area (TPSA) is 90.8 Å². The van der Waals surface area contributed by atoms with Crippen molar-refractivity contribution in [1.82, 2.24) is 15.4 Å². The normalized spacial score (nSPS) is 10.2. The fourth-order valence-corrected chi connectivity index (χ4v) is 2.98. The van der Waals surface area contributed by atoms with E-state index in [2.05, 4.69) is 26.8 Å². The van der Waals surface area contributed by atoms with E-state index in [0.29, 0.717) is 28.5 Å². The van der Waals surface area contributed by atoms with E-state index in [-0.39, 0.29) is 6.42 Å². The molecule has 9 heteroatoms. The first kappa shape index (κ1) is 19.6. The molecule has 2 N–H and O–H groups in total. The molecule has 2 aromatic rings. The summed E-state index contributed by atoms with van der Waals surface area (Å²) in [5.74, 6) is 0.469. The van der Waals surface area contributed by atoms with Crippen LogP contribution in [0, 0.1) is 0 Å². The van der Waals surface area contributed by atoms with Crippen LogP contribution >= 0.6 is 15.9 Å². The number of amides is 2. The number of aromatic nitrogens is 1. The third-order valence-corrected chi connectivity index (χ3v) is 4.09. The van der Waals surface area contributed by atoms with Crippen LogP contribution in [-0.4, -0.2) is 37.7 Å². The Kier molecular flexibility index (Phi) is 6.51. The standard InChI is InChI=1S/C17H20BrN3O5/c1-21-9-11(18)8-12(21)17(23)20-19-14(22)7-10-5-6-13(24-2)16(26-4)15(10)25-3/h5-6,8-9H,7H2,1-4H3,(H,19,22)(H,20,23). The van der Waals surface area contributed by atoms with Crippen molar-refractivity contribution in [2.75, 3.05) is 21.3 Å². The van der Waals surface area contributed by atoms with E-state index in [1.54, 1.807) is 36.0 Å². The van der Waals surface area contributed by atoms with Gasteiger partial charge in [-0.25, -0.2) is 0 Å². The molecule has 0 atom stereocenters. The Morgan fingerprint density at radius 1 is 1.08 bits per heavy atom. The van der Waals surface area contributed by atoms with Crippen molar-refractivity contribution in [3.05, 3.63) is 40.1 Å². The summed E-state index contributed by atoms with van der Waals surface area (Å²) in [5.41, 5.74) is 5.77. The summed E-state index contributed by atoms with van der Waals surface area (Å²) in [7, 11) is 6.22. The van der Waals surface area contributed by atoms with Crippen LogP contribution in [0.2, 0.25) is 0 Å². The summed E-state index contributed by atoms with van der Waals surface area (Å²) < 4.78 is 18.3. The second-order valence-electron chi connectivity index (χ2n) is 5.33. The van der Waals surface area contributed by atoms with Crippen molar-refractivity contribution in [2.24, 2.45) is 7.05 Å². The van der Waals surface area contributed by atoms with Crippen molar-refractivity contribution >= 4 is 27.7 Å². The fraction of sp³-hybridized carbons (Fsp3) is 0.294. The summed E-state index contributed by atoms with van der Waals surface area (Å²) >= 11 is 3.29. The number of nitrogens with zero attached hydrogens (tertiary/aromatic N) is 1. The number of halogens is 1. The first-order chi connectivity index (χ1) is 12.4. The van der Waals surface area contributed by atoms with Gasteiger partial charge in [-0.2, -0.15) is 0 Å². The number of hydrazine groups is 1. The maximum atomic E-state index is 12.2. The molecule has 2 rings (SSSR count). The molecule has 26 heavy (non-hydrogen) atoms. The number of carbonyl (C=O) groups excluding carboxylic acids is 2. The molecule has 1 aromatic carbocycles. The molecule has 0 saturated heterocycles. The highest BCUT2D eigenvalue weighted by atomic mass is 79.9. The zero-order valence-corrected chi connectivity index (χ0v) is 16.5. The molecule has 0 aliphatic rings. The first-order valence-electron chi connectivity index (χ1n) is 7.60. The average molecular weight is 426 g/mol. The van der Waals surface area contributed by atoms with Crippen molar-refractivity contribution in [1.29, 1.82) is 0 Å². The van der Waals surface area contributed by atoms with E-state index in [1.807, 2.05) is 0 Å². The lowest BCUT2D eigenvalue weighted by Crippen LogP contribution is -2.43. The molecule has 0 spiro atoms. The summed E-state index contributed by atoms with van der Waals surface area (Å²) in [6.45, 7) is 0. The smallest absolute Gasteiger partial charge is 0.286 e. The van der Waals surface area contributed by atoms with Crippen molar-refractivity contribution in [3.8, 4) is 17.2 Å². The Morgan fingerprint density at radius 2 is 1.77 bits per heavy atom. The number of methoxy groups -OCH3 is 3. The van der Waals surface area contributed by atoms with Gasteiger partial charge in [0.05, 0.1) is 27.8 Å². The molecule has 0 radical (unpaired) electrons. The average Bonchev–Trinajstić information content (AvgIpc) is 2.97. The van der Waals surface area contributed by atoms with E-state index in [0.717, 1.165) is 4.47 Å². The SMILES string of the molecule is COc1ccc(CC(=O)NNC(=O)c2cc(Br)cn2C)c(OC)c1OC. The van der Waals surface area contributed by atoms with Crippen molar-refractivity contribution < 1.29 is 23.8 Å².